The third-order valence-electron chi connectivity index (χ3n) is 2.99. The number of aromatic nitrogens is 1. The second-order valence-electron chi connectivity index (χ2n) is 4.35. The van der Waals surface area contributed by atoms with E-state index in [-0.39, 0.29) is 11.3 Å². The van der Waals surface area contributed by atoms with Crippen molar-refractivity contribution in [3.05, 3.63) is 39.7 Å². The van der Waals surface area contributed by atoms with E-state index < -0.39 is 0 Å². The minimum absolute atomic E-state index is 0.0379. The number of hydrogen-bond acceptors (Lipinski definition) is 2. The first-order valence-electron chi connectivity index (χ1n) is 5.96. The zero-order valence-corrected chi connectivity index (χ0v) is 10.8. The fourth-order valence-corrected chi connectivity index (χ4v) is 2.16. The summed E-state index contributed by atoms with van der Waals surface area (Å²) in [4.78, 5) is 26.5. The van der Waals surface area contributed by atoms with Crippen LogP contribution in [0.3, 0.4) is 0 Å². The van der Waals surface area contributed by atoms with E-state index in [4.69, 9.17) is 0 Å². The summed E-state index contributed by atoms with van der Waals surface area (Å²) in [7, 11) is 0. The predicted octanol–water partition coefficient (Wildman–Crippen LogP) is 2.36. The molecule has 0 bridgehead atoms. The highest BCUT2D eigenvalue weighted by Crippen LogP contribution is 2.17. The third-order valence-corrected chi connectivity index (χ3v) is 2.99. The van der Waals surface area contributed by atoms with Crippen molar-refractivity contribution in [1.82, 2.24) is 4.98 Å². The number of carbonyl (C=O) groups excluding carboxylic acids is 1. The summed E-state index contributed by atoms with van der Waals surface area (Å²) in [5.74, 6) is -0.145. The Labute approximate surface area is 105 Å². The fourth-order valence-electron chi connectivity index (χ4n) is 2.16. The zero-order chi connectivity index (χ0) is 13.3. The topological polar surface area (TPSA) is 62.0 Å². The van der Waals surface area contributed by atoms with Gasteiger partial charge in [-0.15, -0.1) is 0 Å². The Hall–Kier alpha value is -2.10. The van der Waals surface area contributed by atoms with Gasteiger partial charge >= 0.3 is 0 Å². The normalized spacial score (nSPS) is 10.6. The van der Waals surface area contributed by atoms with Crippen molar-refractivity contribution in [3.63, 3.8) is 0 Å². The van der Waals surface area contributed by atoms with Crippen LogP contribution in [-0.2, 0) is 11.2 Å². The Kier molecular flexibility index (Phi) is 3.19. The summed E-state index contributed by atoms with van der Waals surface area (Å²) in [5, 5.41) is 3.30. The number of anilines is 1. The predicted molar refractivity (Wildman–Crippen MR) is 73.0 cm³/mol. The lowest BCUT2D eigenvalue weighted by Gasteiger charge is -2.08. The highest BCUT2D eigenvalue weighted by Gasteiger charge is 2.08. The van der Waals surface area contributed by atoms with E-state index in [0.29, 0.717) is 17.5 Å². The first-order valence-corrected chi connectivity index (χ1v) is 5.96. The molecule has 1 aromatic carbocycles. The average Bonchev–Trinajstić information content (AvgIpc) is 2.30. The molecule has 0 aliphatic rings. The molecule has 2 N–H and O–H groups in total. The van der Waals surface area contributed by atoms with Crippen LogP contribution in [0.1, 0.15) is 25.1 Å². The van der Waals surface area contributed by atoms with Gasteiger partial charge in [0.25, 0.3) is 0 Å². The molecule has 2 rings (SSSR count). The van der Waals surface area contributed by atoms with Gasteiger partial charge in [-0.05, 0) is 31.5 Å². The maximum Gasteiger partial charge on any atom is 0.221 e. The Morgan fingerprint density at radius 2 is 2.11 bits per heavy atom. The van der Waals surface area contributed by atoms with Crippen molar-refractivity contribution >= 4 is 22.5 Å². The summed E-state index contributed by atoms with van der Waals surface area (Å²) in [6.07, 6.45) is 0.696. The Balaban J connectivity index is 2.68. The molecule has 0 atom stereocenters. The second-order valence-corrected chi connectivity index (χ2v) is 4.35. The van der Waals surface area contributed by atoms with Gasteiger partial charge < -0.3 is 10.3 Å². The first kappa shape index (κ1) is 12.4. The molecular weight excluding hydrogens is 228 g/mol. The number of H-pyrrole nitrogens is 1. The third kappa shape index (κ3) is 2.14. The number of fused-ring (bicyclic) bond motifs is 1. The van der Waals surface area contributed by atoms with Crippen molar-refractivity contribution in [3.8, 4) is 0 Å². The Bertz CT molecular complexity index is 671. The van der Waals surface area contributed by atoms with Crippen LogP contribution in [-0.4, -0.2) is 10.9 Å². The molecule has 1 heterocycles. The number of carbonyl (C=O) groups is 1. The molecular formula is C14H16N2O2. The molecule has 0 saturated heterocycles. The fraction of sp³-hybridized carbons (Fsp3) is 0.286. The van der Waals surface area contributed by atoms with Crippen molar-refractivity contribution in [1.29, 1.82) is 0 Å². The van der Waals surface area contributed by atoms with Gasteiger partial charge in [-0.3, -0.25) is 9.59 Å². The number of rotatable bonds is 2. The van der Waals surface area contributed by atoms with E-state index in [1.54, 1.807) is 12.1 Å². The van der Waals surface area contributed by atoms with E-state index in [1.165, 1.54) is 6.92 Å². The molecule has 0 aliphatic heterocycles. The maximum absolute atomic E-state index is 12.3. The molecule has 18 heavy (non-hydrogen) atoms. The average molecular weight is 244 g/mol. The second kappa shape index (κ2) is 4.64. The van der Waals surface area contributed by atoms with Crippen molar-refractivity contribution in [2.24, 2.45) is 0 Å². The van der Waals surface area contributed by atoms with Gasteiger partial charge in [0.1, 0.15) is 0 Å². The Morgan fingerprint density at radius 1 is 1.39 bits per heavy atom. The lowest BCUT2D eigenvalue weighted by Crippen LogP contribution is -2.13. The number of hydrogen-bond donors (Lipinski definition) is 2. The van der Waals surface area contributed by atoms with Gasteiger partial charge in [-0.2, -0.15) is 0 Å². The first-order chi connectivity index (χ1) is 8.52. The quantitative estimate of drug-likeness (QED) is 0.851. The molecule has 94 valence electrons. The van der Waals surface area contributed by atoms with E-state index in [9.17, 15) is 9.59 Å². The SMILES string of the molecule is CCc1c(C)[nH]c2ccc(NC(C)=O)cc2c1=O. The van der Waals surface area contributed by atoms with Crippen LogP contribution in [0, 0.1) is 6.92 Å². The van der Waals surface area contributed by atoms with Gasteiger partial charge in [0.15, 0.2) is 5.43 Å². The standard InChI is InChI=1S/C14H16N2O2/c1-4-11-8(2)15-13-6-5-10(16-9(3)17)7-12(13)14(11)18/h5-7H,4H2,1-3H3,(H,15,18)(H,16,17). The van der Waals surface area contributed by atoms with Crippen LogP contribution >= 0.6 is 0 Å². The molecule has 0 saturated carbocycles. The zero-order valence-electron chi connectivity index (χ0n) is 10.8. The van der Waals surface area contributed by atoms with E-state index in [0.717, 1.165) is 16.8 Å². The summed E-state index contributed by atoms with van der Waals surface area (Å²) in [6.45, 7) is 5.31. The van der Waals surface area contributed by atoms with Gasteiger partial charge in [-0.1, -0.05) is 6.92 Å². The lowest BCUT2D eigenvalue weighted by molar-refractivity contribution is -0.114. The summed E-state index contributed by atoms with van der Waals surface area (Å²) in [5.41, 5.74) is 3.18. The monoisotopic (exact) mass is 244 g/mol. The van der Waals surface area contributed by atoms with E-state index in [2.05, 4.69) is 10.3 Å². The molecule has 0 fully saturated rings. The number of nitrogens with one attached hydrogen (secondary N) is 2. The van der Waals surface area contributed by atoms with Crippen molar-refractivity contribution in [2.45, 2.75) is 27.2 Å². The highest BCUT2D eigenvalue weighted by molar-refractivity contribution is 5.92. The molecule has 4 nitrogen and oxygen atoms in total. The number of amides is 1. The lowest BCUT2D eigenvalue weighted by atomic mass is 10.1. The maximum atomic E-state index is 12.3. The summed E-state index contributed by atoms with van der Waals surface area (Å²) >= 11 is 0. The molecule has 1 amide bonds. The molecule has 0 radical (unpaired) electrons. The van der Waals surface area contributed by atoms with Crippen LogP contribution in [0.15, 0.2) is 23.0 Å². The molecule has 4 heteroatoms. The van der Waals surface area contributed by atoms with Crippen LogP contribution < -0.4 is 10.7 Å². The van der Waals surface area contributed by atoms with Gasteiger partial charge in [-0.25, -0.2) is 0 Å². The summed E-state index contributed by atoms with van der Waals surface area (Å²) < 4.78 is 0. The minimum Gasteiger partial charge on any atom is -0.358 e. The summed E-state index contributed by atoms with van der Waals surface area (Å²) in [6, 6.07) is 5.31. The largest absolute Gasteiger partial charge is 0.358 e. The van der Waals surface area contributed by atoms with E-state index in [1.807, 2.05) is 19.9 Å². The van der Waals surface area contributed by atoms with Crippen LogP contribution in [0.2, 0.25) is 0 Å². The van der Waals surface area contributed by atoms with Crippen LogP contribution in [0.5, 0.6) is 0 Å². The van der Waals surface area contributed by atoms with Crippen molar-refractivity contribution in [2.75, 3.05) is 5.32 Å². The van der Waals surface area contributed by atoms with Crippen LogP contribution in [0.4, 0.5) is 5.69 Å². The molecule has 0 aliphatic carbocycles. The number of aromatic amines is 1. The molecule has 1 aromatic heterocycles. The van der Waals surface area contributed by atoms with Gasteiger partial charge in [0.05, 0.1) is 0 Å². The number of pyridine rings is 1. The smallest absolute Gasteiger partial charge is 0.221 e. The number of aryl methyl sites for hydroxylation is 1. The van der Waals surface area contributed by atoms with Crippen molar-refractivity contribution < 1.29 is 4.79 Å². The van der Waals surface area contributed by atoms with E-state index >= 15 is 0 Å². The number of benzene rings is 1. The minimum atomic E-state index is -0.145. The highest BCUT2D eigenvalue weighted by atomic mass is 16.1. The molecule has 0 spiro atoms. The Morgan fingerprint density at radius 3 is 2.72 bits per heavy atom. The molecule has 0 unspecified atom stereocenters. The van der Waals surface area contributed by atoms with Gasteiger partial charge in [0.2, 0.25) is 5.91 Å². The molecule has 2 aromatic rings. The van der Waals surface area contributed by atoms with Gasteiger partial charge in [0, 0.05) is 34.8 Å². The van der Waals surface area contributed by atoms with Crippen LogP contribution in [0.25, 0.3) is 10.9 Å².